The summed E-state index contributed by atoms with van der Waals surface area (Å²) >= 11 is 0. The molecule has 0 fully saturated rings. The van der Waals surface area contributed by atoms with Gasteiger partial charge in [-0.1, -0.05) is 64.5 Å². The number of unbranched alkanes of at least 4 members (excludes halogenated alkanes) is 2. The first-order valence-corrected chi connectivity index (χ1v) is 15.6. The number of aliphatic carboxylic acids is 1. The van der Waals surface area contributed by atoms with Crippen molar-refractivity contribution in [2.24, 2.45) is 0 Å². The van der Waals surface area contributed by atoms with Crippen molar-refractivity contribution in [1.82, 2.24) is 0 Å². The fourth-order valence-electron chi connectivity index (χ4n) is 6.29. The molecule has 41 heavy (non-hydrogen) atoms. The Morgan fingerprint density at radius 3 is 2.41 bits per heavy atom. The number of carbonyl (C=O) groups is 1. The number of allylic oxidation sites excluding steroid dienone is 3. The van der Waals surface area contributed by atoms with E-state index in [1.165, 1.54) is 23.0 Å². The molecule has 0 saturated carbocycles. The zero-order chi connectivity index (χ0) is 30.0. The molecule has 8 nitrogen and oxygen atoms in total. The van der Waals surface area contributed by atoms with E-state index in [-0.39, 0.29) is 22.8 Å². The number of ether oxygens (including phenoxy) is 1. The highest BCUT2D eigenvalue weighted by Crippen LogP contribution is 2.49. The Hall–Kier alpha value is -3.14. The molecule has 0 aliphatic carbocycles. The summed E-state index contributed by atoms with van der Waals surface area (Å²) in [5.74, 6) is -0.755. The highest BCUT2D eigenvalue weighted by atomic mass is 32.2. The van der Waals surface area contributed by atoms with Crippen molar-refractivity contribution < 1.29 is 27.6 Å². The van der Waals surface area contributed by atoms with E-state index in [0.717, 1.165) is 30.6 Å². The number of carboxylic acid groups (broad SMARTS) is 1. The van der Waals surface area contributed by atoms with Gasteiger partial charge in [-0.25, -0.2) is 0 Å². The smallest absolute Gasteiger partial charge is 0.303 e. The first-order valence-electron chi connectivity index (χ1n) is 14.2. The number of hydrogen-bond donors (Lipinski definition) is 2. The maximum atomic E-state index is 11.9. The Kier molecular flexibility index (Phi) is 9.01. The Labute approximate surface area is 244 Å². The van der Waals surface area contributed by atoms with Crippen LogP contribution in [0.3, 0.4) is 0 Å². The molecular formula is C32H42N2O6S. The van der Waals surface area contributed by atoms with Gasteiger partial charge in [0.1, 0.15) is 0 Å². The molecule has 0 spiro atoms. The average molecular weight is 583 g/mol. The molecule has 2 aliphatic heterocycles. The minimum absolute atomic E-state index is 0.0718. The number of benzene rings is 2. The molecule has 2 aromatic carbocycles. The Balaban J connectivity index is 1.66. The van der Waals surface area contributed by atoms with Crippen molar-refractivity contribution in [2.75, 3.05) is 36.6 Å². The third-order valence-corrected chi connectivity index (χ3v) is 9.35. The molecule has 0 bridgehead atoms. The lowest BCUT2D eigenvalue weighted by molar-refractivity contribution is -0.137. The minimum atomic E-state index is -4.32. The quantitative estimate of drug-likeness (QED) is 0.234. The molecule has 2 aromatic rings. The van der Waals surface area contributed by atoms with Crippen LogP contribution in [0, 0.1) is 0 Å². The van der Waals surface area contributed by atoms with Gasteiger partial charge in [0.05, 0.1) is 17.5 Å². The van der Waals surface area contributed by atoms with Gasteiger partial charge in [-0.15, -0.1) is 0 Å². The number of nitrogens with zero attached hydrogens (tertiary/aromatic N) is 2. The second-order valence-corrected chi connectivity index (χ2v) is 13.4. The molecule has 2 N–H and O–H groups in total. The highest BCUT2D eigenvalue weighted by molar-refractivity contribution is 7.85. The number of para-hydroxylation sites is 1. The van der Waals surface area contributed by atoms with E-state index in [4.69, 9.17) is 9.84 Å². The molecule has 0 saturated heterocycles. The second kappa shape index (κ2) is 12.0. The molecule has 0 aromatic heterocycles. The second-order valence-electron chi connectivity index (χ2n) is 11.9. The number of carboxylic acids is 1. The Bertz CT molecular complexity index is 1440. The normalized spacial score (nSPS) is 20.1. The molecule has 2 heterocycles. The monoisotopic (exact) mass is 582 g/mol. The average Bonchev–Trinajstić information content (AvgIpc) is 3.25. The third-order valence-electron chi connectivity index (χ3n) is 8.50. The molecule has 1 unspecified atom stereocenters. The van der Waals surface area contributed by atoms with Crippen LogP contribution >= 0.6 is 0 Å². The summed E-state index contributed by atoms with van der Waals surface area (Å²) in [6.45, 7) is 10.6. The largest absolute Gasteiger partial charge is 0.481 e. The van der Waals surface area contributed by atoms with E-state index in [1.807, 2.05) is 0 Å². The summed E-state index contributed by atoms with van der Waals surface area (Å²) in [5, 5.41) is 8.99. The van der Waals surface area contributed by atoms with E-state index < -0.39 is 21.5 Å². The van der Waals surface area contributed by atoms with Crippen LogP contribution in [0.15, 0.2) is 71.3 Å². The molecule has 222 valence electrons. The van der Waals surface area contributed by atoms with Gasteiger partial charge < -0.3 is 19.6 Å². The van der Waals surface area contributed by atoms with E-state index in [2.05, 4.69) is 80.0 Å². The summed E-state index contributed by atoms with van der Waals surface area (Å²) < 4.78 is 38.9. The summed E-state index contributed by atoms with van der Waals surface area (Å²) in [7, 11) is -2.66. The fraction of sp³-hybridized carbons (Fsp3) is 0.469. The van der Waals surface area contributed by atoms with E-state index in [1.54, 1.807) is 19.2 Å². The van der Waals surface area contributed by atoms with Gasteiger partial charge in [-0.05, 0) is 54.3 Å². The summed E-state index contributed by atoms with van der Waals surface area (Å²) in [6, 6.07) is 13.2. The molecule has 1 atom stereocenters. The van der Waals surface area contributed by atoms with Crippen LogP contribution < -0.4 is 9.80 Å². The predicted octanol–water partition coefficient (Wildman–Crippen LogP) is 5.93. The number of fused-ring (bicyclic) bond motifs is 2. The summed E-state index contributed by atoms with van der Waals surface area (Å²) in [5.41, 5.74) is 4.77. The van der Waals surface area contributed by atoms with Crippen molar-refractivity contribution >= 4 is 27.5 Å². The molecule has 4 rings (SSSR count). The molecule has 0 radical (unpaired) electrons. The lowest BCUT2D eigenvalue weighted by Gasteiger charge is -2.32. The van der Waals surface area contributed by atoms with Crippen LogP contribution in [0.1, 0.15) is 64.5 Å². The van der Waals surface area contributed by atoms with Gasteiger partial charge in [0.2, 0.25) is 0 Å². The van der Waals surface area contributed by atoms with E-state index in [0.29, 0.717) is 19.6 Å². The Morgan fingerprint density at radius 2 is 1.73 bits per heavy atom. The number of anilines is 2. The number of methoxy groups -OCH3 is 1. The van der Waals surface area contributed by atoms with Crippen LogP contribution in [-0.4, -0.2) is 56.9 Å². The first kappa shape index (κ1) is 30.8. The minimum Gasteiger partial charge on any atom is -0.481 e. The van der Waals surface area contributed by atoms with Crippen LogP contribution in [0.5, 0.6) is 0 Å². The number of rotatable bonds is 12. The van der Waals surface area contributed by atoms with Crippen LogP contribution in [0.25, 0.3) is 0 Å². The lowest BCUT2D eigenvalue weighted by Crippen LogP contribution is -2.41. The zero-order valence-electron chi connectivity index (χ0n) is 24.6. The van der Waals surface area contributed by atoms with Gasteiger partial charge in [0.15, 0.2) is 0 Å². The zero-order valence-corrected chi connectivity index (χ0v) is 25.4. The summed E-state index contributed by atoms with van der Waals surface area (Å²) in [4.78, 5) is 15.4. The van der Waals surface area contributed by atoms with Crippen molar-refractivity contribution in [1.29, 1.82) is 0 Å². The van der Waals surface area contributed by atoms with Gasteiger partial charge >= 0.3 is 5.97 Å². The lowest BCUT2D eigenvalue weighted by atomic mass is 9.80. The van der Waals surface area contributed by atoms with Gasteiger partial charge in [0.25, 0.3) is 10.1 Å². The van der Waals surface area contributed by atoms with Gasteiger partial charge in [-0.2, -0.15) is 8.42 Å². The molecule has 9 heteroatoms. The van der Waals surface area contributed by atoms with Gasteiger partial charge in [-0.3, -0.25) is 9.35 Å². The summed E-state index contributed by atoms with van der Waals surface area (Å²) in [6.07, 6.45) is 9.05. The van der Waals surface area contributed by atoms with Crippen molar-refractivity contribution in [2.45, 2.75) is 75.1 Å². The molecule has 0 amide bonds. The highest BCUT2D eigenvalue weighted by Gasteiger charge is 2.44. The third kappa shape index (κ3) is 6.22. The van der Waals surface area contributed by atoms with Crippen LogP contribution in [0.2, 0.25) is 0 Å². The first-order chi connectivity index (χ1) is 19.3. The predicted molar refractivity (Wildman–Crippen MR) is 162 cm³/mol. The van der Waals surface area contributed by atoms with Crippen molar-refractivity contribution in [3.05, 3.63) is 77.5 Å². The molecular weight excluding hydrogens is 540 g/mol. The number of hydrogen-bond acceptors (Lipinski definition) is 6. The maximum absolute atomic E-state index is 11.9. The van der Waals surface area contributed by atoms with Crippen LogP contribution in [0.4, 0.5) is 11.4 Å². The van der Waals surface area contributed by atoms with Gasteiger partial charge in [0, 0.05) is 54.5 Å². The maximum Gasteiger partial charge on any atom is 0.303 e. The SMILES string of the molecule is COCCN1c2ccc(S(=O)(=O)O)cc2C(C)(C)C1/C=C/C=C1/N(CCCCCC(=O)O)c2ccccc2C1(C)C. The standard InChI is InChI=1S/C32H42N2O6S/c1-31(2)24-12-8-9-13-26(24)33(19-10-6-7-16-30(35)36)28(31)14-11-15-29-32(3,4)25-22-23(41(37,38)39)17-18-27(25)34(29)20-21-40-5/h8-9,11-15,17-18,22,29H,6-7,10,16,19-21H2,1-5H3,(H,35,36)(H,37,38,39)/b15-11+,28-14+. The van der Waals surface area contributed by atoms with E-state index >= 15 is 0 Å². The van der Waals surface area contributed by atoms with E-state index in [9.17, 15) is 17.8 Å². The van der Waals surface area contributed by atoms with Crippen LogP contribution in [-0.2, 0) is 30.5 Å². The topological polar surface area (TPSA) is 107 Å². The molecule has 2 aliphatic rings. The fourth-order valence-corrected chi connectivity index (χ4v) is 6.80. The van der Waals surface area contributed by atoms with Crippen molar-refractivity contribution in [3.63, 3.8) is 0 Å². The Morgan fingerprint density at radius 1 is 1.00 bits per heavy atom. The van der Waals surface area contributed by atoms with Crippen molar-refractivity contribution in [3.8, 4) is 0 Å².